The zero-order valence-electron chi connectivity index (χ0n) is 9.36. The van der Waals surface area contributed by atoms with Crippen molar-refractivity contribution in [2.24, 2.45) is 0 Å². The molecule has 2 rings (SSSR count). The summed E-state index contributed by atoms with van der Waals surface area (Å²) in [6.45, 7) is 1.77. The average molecular weight is 251 g/mol. The molecule has 1 aromatic carbocycles. The third kappa shape index (κ3) is 2.19. The number of esters is 1. The lowest BCUT2D eigenvalue weighted by molar-refractivity contribution is 0.0595. The van der Waals surface area contributed by atoms with Gasteiger partial charge in [-0.1, -0.05) is 18.2 Å². The summed E-state index contributed by atoms with van der Waals surface area (Å²) >= 11 is 1.27. The predicted octanol–water partition coefficient (Wildman–Crippen LogP) is 3.04. The van der Waals surface area contributed by atoms with Crippen LogP contribution >= 0.6 is 11.3 Å². The summed E-state index contributed by atoms with van der Waals surface area (Å²) in [5.74, 6) is -0.922. The number of ether oxygens (including phenoxy) is 1. The van der Waals surface area contributed by atoms with E-state index in [1.165, 1.54) is 24.5 Å². The molecule has 0 fully saturated rings. The second-order valence-corrected chi connectivity index (χ2v) is 4.59. The summed E-state index contributed by atoms with van der Waals surface area (Å²) in [4.78, 5) is 16.1. The Morgan fingerprint density at radius 1 is 1.41 bits per heavy atom. The number of rotatable bonds is 2. The molecule has 0 aliphatic heterocycles. The molecule has 0 unspecified atom stereocenters. The van der Waals surface area contributed by atoms with Crippen molar-refractivity contribution in [3.05, 3.63) is 40.8 Å². The molecule has 0 saturated carbocycles. The van der Waals surface area contributed by atoms with Crippen LogP contribution in [0, 0.1) is 12.7 Å². The molecule has 0 bridgehead atoms. The van der Waals surface area contributed by atoms with E-state index in [4.69, 9.17) is 0 Å². The smallest absolute Gasteiger partial charge is 0.358 e. The lowest BCUT2D eigenvalue weighted by Gasteiger charge is -2.01. The highest BCUT2D eigenvalue weighted by molar-refractivity contribution is 7.15. The van der Waals surface area contributed by atoms with Crippen LogP contribution in [0.15, 0.2) is 24.3 Å². The van der Waals surface area contributed by atoms with Crippen molar-refractivity contribution in [1.29, 1.82) is 0 Å². The molecular weight excluding hydrogens is 241 g/mol. The SMILES string of the molecule is COC(=O)c1nc(C)sc1-c1ccccc1F. The molecule has 17 heavy (non-hydrogen) atoms. The van der Waals surface area contributed by atoms with Crippen LogP contribution in [0.4, 0.5) is 4.39 Å². The number of nitrogens with zero attached hydrogens (tertiary/aromatic N) is 1. The first-order valence-electron chi connectivity index (χ1n) is 4.94. The summed E-state index contributed by atoms with van der Waals surface area (Å²) < 4.78 is 18.3. The van der Waals surface area contributed by atoms with Crippen LogP contribution < -0.4 is 0 Å². The van der Waals surface area contributed by atoms with Crippen molar-refractivity contribution in [2.45, 2.75) is 6.92 Å². The Morgan fingerprint density at radius 3 is 2.76 bits per heavy atom. The maximum Gasteiger partial charge on any atom is 0.358 e. The minimum absolute atomic E-state index is 0.167. The predicted molar refractivity (Wildman–Crippen MR) is 63.6 cm³/mol. The molecule has 5 heteroatoms. The Kier molecular flexibility index (Phi) is 3.19. The van der Waals surface area contributed by atoms with Crippen LogP contribution in [0.25, 0.3) is 10.4 Å². The molecule has 1 heterocycles. The van der Waals surface area contributed by atoms with Gasteiger partial charge in [-0.3, -0.25) is 0 Å². The number of hydrogen-bond acceptors (Lipinski definition) is 4. The number of benzene rings is 1. The molecule has 2 aromatic rings. The van der Waals surface area contributed by atoms with Crippen molar-refractivity contribution < 1.29 is 13.9 Å². The van der Waals surface area contributed by atoms with Gasteiger partial charge in [0.2, 0.25) is 0 Å². The Morgan fingerprint density at radius 2 is 2.12 bits per heavy atom. The highest BCUT2D eigenvalue weighted by atomic mass is 32.1. The summed E-state index contributed by atoms with van der Waals surface area (Å²) in [6.07, 6.45) is 0. The van der Waals surface area contributed by atoms with Gasteiger partial charge in [0, 0.05) is 5.56 Å². The molecule has 0 aliphatic carbocycles. The topological polar surface area (TPSA) is 39.2 Å². The zero-order chi connectivity index (χ0) is 12.4. The van der Waals surface area contributed by atoms with Crippen molar-refractivity contribution in [1.82, 2.24) is 4.98 Å². The van der Waals surface area contributed by atoms with Crippen LogP contribution in [0.3, 0.4) is 0 Å². The van der Waals surface area contributed by atoms with Crippen LogP contribution in [-0.4, -0.2) is 18.1 Å². The number of methoxy groups -OCH3 is 1. The van der Waals surface area contributed by atoms with E-state index in [1.54, 1.807) is 25.1 Å². The second kappa shape index (κ2) is 4.63. The molecule has 3 nitrogen and oxygen atoms in total. The van der Waals surface area contributed by atoms with E-state index in [0.717, 1.165) is 0 Å². The zero-order valence-corrected chi connectivity index (χ0v) is 10.2. The summed E-state index contributed by atoms with van der Waals surface area (Å²) in [6, 6.07) is 6.29. The van der Waals surface area contributed by atoms with Crippen molar-refractivity contribution in [2.75, 3.05) is 7.11 Å². The van der Waals surface area contributed by atoms with E-state index in [-0.39, 0.29) is 11.5 Å². The second-order valence-electron chi connectivity index (χ2n) is 3.38. The van der Waals surface area contributed by atoms with Crippen molar-refractivity contribution in [3.63, 3.8) is 0 Å². The van der Waals surface area contributed by atoms with Gasteiger partial charge in [0.15, 0.2) is 5.69 Å². The number of halogens is 1. The van der Waals surface area contributed by atoms with Crippen molar-refractivity contribution >= 4 is 17.3 Å². The summed E-state index contributed by atoms with van der Waals surface area (Å²) in [5, 5.41) is 0.698. The fourth-order valence-corrected chi connectivity index (χ4v) is 2.42. The highest BCUT2D eigenvalue weighted by Crippen LogP contribution is 2.32. The van der Waals surface area contributed by atoms with Crippen LogP contribution in [-0.2, 0) is 4.74 Å². The molecular formula is C12H10FNO2S. The summed E-state index contributed by atoms with van der Waals surface area (Å²) in [5.41, 5.74) is 0.540. The van der Waals surface area contributed by atoms with E-state index in [9.17, 15) is 9.18 Å². The Bertz CT molecular complexity index is 565. The Balaban J connectivity index is 2.60. The average Bonchev–Trinajstić information content (AvgIpc) is 2.71. The number of carbonyl (C=O) groups is 1. The largest absolute Gasteiger partial charge is 0.464 e. The van der Waals surface area contributed by atoms with E-state index >= 15 is 0 Å². The molecule has 0 atom stereocenters. The maximum absolute atomic E-state index is 13.7. The molecule has 0 saturated heterocycles. The number of hydrogen-bond donors (Lipinski definition) is 0. The fraction of sp³-hybridized carbons (Fsp3) is 0.167. The Labute approximate surface area is 102 Å². The lowest BCUT2D eigenvalue weighted by atomic mass is 10.1. The van der Waals surface area contributed by atoms with Crippen LogP contribution in [0.2, 0.25) is 0 Å². The minimum atomic E-state index is -0.549. The monoisotopic (exact) mass is 251 g/mol. The minimum Gasteiger partial charge on any atom is -0.464 e. The van der Waals surface area contributed by atoms with Gasteiger partial charge in [0.25, 0.3) is 0 Å². The number of carbonyl (C=O) groups excluding carboxylic acids is 1. The van der Waals surface area contributed by atoms with Gasteiger partial charge in [0.1, 0.15) is 5.82 Å². The molecule has 1 aromatic heterocycles. The van der Waals surface area contributed by atoms with Crippen LogP contribution in [0.5, 0.6) is 0 Å². The van der Waals surface area contributed by atoms with Gasteiger partial charge in [0.05, 0.1) is 17.0 Å². The van der Waals surface area contributed by atoms with E-state index in [2.05, 4.69) is 9.72 Å². The molecule has 0 spiro atoms. The first kappa shape index (κ1) is 11.7. The van der Waals surface area contributed by atoms with E-state index in [1.807, 2.05) is 0 Å². The van der Waals surface area contributed by atoms with Gasteiger partial charge >= 0.3 is 5.97 Å². The standard InChI is InChI=1S/C12H10FNO2S/c1-7-14-10(12(15)16-2)11(17-7)8-5-3-4-6-9(8)13/h3-6H,1-2H3. The molecule has 0 radical (unpaired) electrons. The van der Waals surface area contributed by atoms with Crippen LogP contribution in [0.1, 0.15) is 15.5 Å². The van der Waals surface area contributed by atoms with Gasteiger partial charge in [-0.15, -0.1) is 11.3 Å². The molecule has 0 aliphatic rings. The number of thiazole rings is 1. The van der Waals surface area contributed by atoms with Gasteiger partial charge in [-0.25, -0.2) is 14.2 Å². The molecule has 0 N–H and O–H groups in total. The quantitative estimate of drug-likeness (QED) is 0.770. The van der Waals surface area contributed by atoms with E-state index in [0.29, 0.717) is 15.4 Å². The number of aromatic nitrogens is 1. The number of aryl methyl sites for hydroxylation is 1. The first-order valence-corrected chi connectivity index (χ1v) is 5.75. The normalized spacial score (nSPS) is 10.3. The third-order valence-electron chi connectivity index (χ3n) is 2.23. The van der Waals surface area contributed by atoms with E-state index < -0.39 is 5.97 Å². The third-order valence-corrected chi connectivity index (χ3v) is 3.24. The van der Waals surface area contributed by atoms with Gasteiger partial charge < -0.3 is 4.74 Å². The summed E-state index contributed by atoms with van der Waals surface area (Å²) in [7, 11) is 1.28. The fourth-order valence-electron chi connectivity index (χ4n) is 1.49. The maximum atomic E-state index is 13.7. The van der Waals surface area contributed by atoms with Gasteiger partial charge in [-0.05, 0) is 13.0 Å². The molecule has 0 amide bonds. The first-order chi connectivity index (χ1) is 8.13. The van der Waals surface area contributed by atoms with Crippen molar-refractivity contribution in [3.8, 4) is 10.4 Å². The van der Waals surface area contributed by atoms with Gasteiger partial charge in [-0.2, -0.15) is 0 Å². The molecule has 88 valence electrons. The lowest BCUT2D eigenvalue weighted by Crippen LogP contribution is -2.03. The highest BCUT2D eigenvalue weighted by Gasteiger charge is 2.20. The Hall–Kier alpha value is -1.75.